The summed E-state index contributed by atoms with van der Waals surface area (Å²) in [4.78, 5) is 0. The molecule has 0 saturated carbocycles. The Morgan fingerprint density at radius 1 is 1.21 bits per heavy atom. The molecule has 0 rings (SSSR count). The van der Waals surface area contributed by atoms with Crippen molar-refractivity contribution in [1.82, 2.24) is 5.32 Å². The van der Waals surface area contributed by atoms with Gasteiger partial charge in [-0.25, -0.2) is 0 Å². The molecule has 0 aromatic rings. The first kappa shape index (κ1) is 13.9. The lowest BCUT2D eigenvalue weighted by Crippen LogP contribution is -2.36. The molecule has 86 valence electrons. The number of hydrogen-bond acceptors (Lipinski definition) is 2. The van der Waals surface area contributed by atoms with Crippen LogP contribution in [0, 0.1) is 5.92 Å². The lowest BCUT2D eigenvalue weighted by Gasteiger charge is -2.23. The van der Waals surface area contributed by atoms with E-state index in [0.717, 1.165) is 18.9 Å². The summed E-state index contributed by atoms with van der Waals surface area (Å²) in [5, 5.41) is 12.1. The number of nitrogens with one attached hydrogen (secondary N) is 1. The molecule has 2 unspecified atom stereocenters. The highest BCUT2D eigenvalue weighted by Gasteiger charge is 2.13. The molecule has 2 heteroatoms. The van der Waals surface area contributed by atoms with Crippen molar-refractivity contribution in [2.45, 2.75) is 58.9 Å². The van der Waals surface area contributed by atoms with Gasteiger partial charge in [0.1, 0.15) is 0 Å². The molecule has 2 nitrogen and oxygen atoms in total. The van der Waals surface area contributed by atoms with Crippen molar-refractivity contribution in [1.29, 1.82) is 0 Å². The minimum Gasteiger partial charge on any atom is -0.395 e. The zero-order valence-corrected chi connectivity index (χ0v) is 10.1. The third kappa shape index (κ3) is 6.39. The van der Waals surface area contributed by atoms with E-state index in [-0.39, 0.29) is 6.61 Å². The number of hydrogen-bond donors (Lipinski definition) is 2. The highest BCUT2D eigenvalue weighted by molar-refractivity contribution is 4.71. The fourth-order valence-electron chi connectivity index (χ4n) is 1.92. The topological polar surface area (TPSA) is 32.3 Å². The average molecular weight is 201 g/mol. The van der Waals surface area contributed by atoms with Crippen molar-refractivity contribution in [3.8, 4) is 0 Å². The summed E-state index contributed by atoms with van der Waals surface area (Å²) >= 11 is 0. The lowest BCUT2D eigenvalue weighted by atomic mass is 9.93. The monoisotopic (exact) mass is 201 g/mol. The lowest BCUT2D eigenvalue weighted by molar-refractivity contribution is 0.263. The highest BCUT2D eigenvalue weighted by Crippen LogP contribution is 2.15. The molecule has 0 aromatic carbocycles. The zero-order valence-electron chi connectivity index (χ0n) is 10.1. The minimum absolute atomic E-state index is 0.248. The van der Waals surface area contributed by atoms with Crippen molar-refractivity contribution in [2.75, 3.05) is 13.2 Å². The van der Waals surface area contributed by atoms with Crippen LogP contribution in [-0.4, -0.2) is 24.3 Å². The molecule has 0 spiro atoms. The predicted molar refractivity (Wildman–Crippen MR) is 62.5 cm³/mol. The Morgan fingerprint density at radius 3 is 2.43 bits per heavy atom. The van der Waals surface area contributed by atoms with Crippen LogP contribution in [0.5, 0.6) is 0 Å². The third-order valence-corrected chi connectivity index (χ3v) is 2.91. The maximum atomic E-state index is 8.74. The van der Waals surface area contributed by atoms with Gasteiger partial charge in [-0.2, -0.15) is 0 Å². The molecule has 0 amide bonds. The third-order valence-electron chi connectivity index (χ3n) is 2.91. The van der Waals surface area contributed by atoms with Crippen LogP contribution in [0.25, 0.3) is 0 Å². The fourth-order valence-corrected chi connectivity index (χ4v) is 1.92. The van der Waals surface area contributed by atoms with Crippen LogP contribution < -0.4 is 5.32 Å². The first-order chi connectivity index (χ1) is 6.76. The molecule has 0 aliphatic carbocycles. The quantitative estimate of drug-likeness (QED) is 0.562. The van der Waals surface area contributed by atoms with Crippen molar-refractivity contribution in [3.63, 3.8) is 0 Å². The van der Waals surface area contributed by atoms with Crippen LogP contribution in [0.3, 0.4) is 0 Å². The molecule has 0 bridgehead atoms. The van der Waals surface area contributed by atoms with Crippen LogP contribution in [0.1, 0.15) is 52.9 Å². The maximum Gasteiger partial charge on any atom is 0.0556 e. The van der Waals surface area contributed by atoms with Gasteiger partial charge in [0.05, 0.1) is 6.61 Å². The molecule has 0 aliphatic rings. The van der Waals surface area contributed by atoms with Gasteiger partial charge in [-0.05, 0) is 18.8 Å². The van der Waals surface area contributed by atoms with E-state index in [2.05, 4.69) is 26.1 Å². The molecule has 0 heterocycles. The van der Waals surface area contributed by atoms with E-state index in [1.54, 1.807) is 0 Å². The van der Waals surface area contributed by atoms with E-state index in [0.29, 0.717) is 6.04 Å². The molecule has 14 heavy (non-hydrogen) atoms. The van der Waals surface area contributed by atoms with Gasteiger partial charge in [-0.15, -0.1) is 0 Å². The largest absolute Gasteiger partial charge is 0.395 e. The van der Waals surface area contributed by atoms with Gasteiger partial charge in [0, 0.05) is 12.6 Å². The number of unbranched alkanes of at least 4 members (excludes halogenated alkanes) is 2. The minimum atomic E-state index is 0.248. The summed E-state index contributed by atoms with van der Waals surface area (Å²) in [6.07, 6.45) is 6.46. The Bertz CT molecular complexity index is 117. The van der Waals surface area contributed by atoms with E-state index < -0.39 is 0 Å². The standard InChI is InChI=1S/C12H27NO/c1-4-6-7-8-11(3)12(5-2)13-9-10-14/h11-14H,4-10H2,1-3H3. The molecule has 0 aliphatic heterocycles. The molecule has 0 fully saturated rings. The number of rotatable bonds is 9. The van der Waals surface area contributed by atoms with Gasteiger partial charge in [0.2, 0.25) is 0 Å². The molecule has 0 saturated heterocycles. The normalized spacial score (nSPS) is 15.4. The van der Waals surface area contributed by atoms with Gasteiger partial charge in [-0.3, -0.25) is 0 Å². The number of aliphatic hydroxyl groups excluding tert-OH is 1. The van der Waals surface area contributed by atoms with Crippen molar-refractivity contribution < 1.29 is 5.11 Å². The second-order valence-electron chi connectivity index (χ2n) is 4.17. The van der Waals surface area contributed by atoms with Crippen LogP contribution in [0.15, 0.2) is 0 Å². The van der Waals surface area contributed by atoms with Gasteiger partial charge >= 0.3 is 0 Å². The second kappa shape index (κ2) is 9.47. The van der Waals surface area contributed by atoms with Gasteiger partial charge < -0.3 is 10.4 Å². The van der Waals surface area contributed by atoms with Gasteiger partial charge in [0.15, 0.2) is 0 Å². The number of aliphatic hydroxyl groups is 1. The highest BCUT2D eigenvalue weighted by atomic mass is 16.3. The van der Waals surface area contributed by atoms with Crippen LogP contribution in [-0.2, 0) is 0 Å². The molecule has 2 N–H and O–H groups in total. The molecule has 2 atom stereocenters. The fraction of sp³-hybridized carbons (Fsp3) is 1.00. The SMILES string of the molecule is CCCCCC(C)C(CC)NCCO. The van der Waals surface area contributed by atoms with Crippen molar-refractivity contribution in [2.24, 2.45) is 5.92 Å². The van der Waals surface area contributed by atoms with E-state index in [9.17, 15) is 0 Å². The summed E-state index contributed by atoms with van der Waals surface area (Å²) in [5.41, 5.74) is 0. The molecular formula is C12H27NO. The zero-order chi connectivity index (χ0) is 10.8. The Balaban J connectivity index is 3.61. The van der Waals surface area contributed by atoms with E-state index in [1.807, 2.05) is 0 Å². The average Bonchev–Trinajstić information content (AvgIpc) is 2.19. The summed E-state index contributed by atoms with van der Waals surface area (Å²) in [5.74, 6) is 0.734. The Kier molecular flexibility index (Phi) is 9.42. The Hall–Kier alpha value is -0.0800. The predicted octanol–water partition coefficient (Wildman–Crippen LogP) is 2.56. The van der Waals surface area contributed by atoms with E-state index in [1.165, 1.54) is 25.7 Å². The summed E-state index contributed by atoms with van der Waals surface area (Å²) in [6.45, 7) is 7.75. The van der Waals surface area contributed by atoms with E-state index in [4.69, 9.17) is 5.11 Å². The second-order valence-corrected chi connectivity index (χ2v) is 4.17. The van der Waals surface area contributed by atoms with Crippen LogP contribution in [0.2, 0.25) is 0 Å². The Labute approximate surface area is 89.1 Å². The summed E-state index contributed by atoms with van der Waals surface area (Å²) in [7, 11) is 0. The molecule has 0 radical (unpaired) electrons. The summed E-state index contributed by atoms with van der Waals surface area (Å²) in [6, 6.07) is 0.582. The van der Waals surface area contributed by atoms with Crippen LogP contribution >= 0.6 is 0 Å². The van der Waals surface area contributed by atoms with Crippen molar-refractivity contribution >= 4 is 0 Å². The first-order valence-electron chi connectivity index (χ1n) is 6.10. The molecule has 0 aromatic heterocycles. The summed E-state index contributed by atoms with van der Waals surface area (Å²) < 4.78 is 0. The first-order valence-corrected chi connectivity index (χ1v) is 6.10. The van der Waals surface area contributed by atoms with Crippen molar-refractivity contribution in [3.05, 3.63) is 0 Å². The molecular weight excluding hydrogens is 174 g/mol. The maximum absolute atomic E-state index is 8.74. The van der Waals surface area contributed by atoms with Gasteiger partial charge in [0.25, 0.3) is 0 Å². The van der Waals surface area contributed by atoms with Crippen LogP contribution in [0.4, 0.5) is 0 Å². The van der Waals surface area contributed by atoms with E-state index >= 15 is 0 Å². The smallest absolute Gasteiger partial charge is 0.0556 e. The van der Waals surface area contributed by atoms with Gasteiger partial charge in [-0.1, -0.05) is 40.0 Å². The Morgan fingerprint density at radius 2 is 1.93 bits per heavy atom.